The number of hydrogen-bond acceptors (Lipinski definition) is 5. The van der Waals surface area contributed by atoms with Gasteiger partial charge in [-0.25, -0.2) is 4.18 Å². The van der Waals surface area contributed by atoms with E-state index in [1.807, 2.05) is 0 Å². The van der Waals surface area contributed by atoms with Crippen LogP contribution in [0.15, 0.2) is 41.3 Å². The number of benzene rings is 2. The summed E-state index contributed by atoms with van der Waals surface area (Å²) in [5, 5.41) is 0.751. The van der Waals surface area contributed by atoms with Crippen LogP contribution in [0.3, 0.4) is 0 Å². The zero-order chi connectivity index (χ0) is 19.3. The first-order valence-electron chi connectivity index (χ1n) is 7.36. The van der Waals surface area contributed by atoms with E-state index in [9.17, 15) is 8.42 Å². The molecule has 0 saturated heterocycles. The van der Waals surface area contributed by atoms with Crippen LogP contribution in [0.2, 0.25) is 10.0 Å². The molecule has 0 radical (unpaired) electrons. The zero-order valence-corrected chi connectivity index (χ0v) is 16.4. The molecule has 2 aromatic rings. The minimum absolute atomic E-state index is 0.0344. The molecule has 0 aliphatic carbocycles. The Morgan fingerprint density at radius 1 is 1.12 bits per heavy atom. The van der Waals surface area contributed by atoms with Gasteiger partial charge in [0.25, 0.3) is 0 Å². The first kappa shape index (κ1) is 20.4. The van der Waals surface area contributed by atoms with Gasteiger partial charge in [-0.15, -0.1) is 6.42 Å². The van der Waals surface area contributed by atoms with Crippen molar-refractivity contribution < 1.29 is 22.1 Å². The first-order valence-corrected chi connectivity index (χ1v) is 9.53. The number of rotatable bonds is 7. The SMILES string of the molecule is C#CC(Cc1c(Cl)cccc1Cl)OS(=O)(=O)c1ccc(OC)cc1OC. The van der Waals surface area contributed by atoms with Crippen molar-refractivity contribution in [2.75, 3.05) is 14.2 Å². The van der Waals surface area contributed by atoms with E-state index in [1.54, 1.807) is 18.2 Å². The van der Waals surface area contributed by atoms with E-state index in [4.69, 9.17) is 43.3 Å². The highest BCUT2D eigenvalue weighted by Gasteiger charge is 2.26. The topological polar surface area (TPSA) is 61.8 Å². The molecule has 8 heteroatoms. The summed E-state index contributed by atoms with van der Waals surface area (Å²) < 4.78 is 40.6. The van der Waals surface area contributed by atoms with Gasteiger partial charge in [-0.05, 0) is 29.8 Å². The van der Waals surface area contributed by atoms with Crippen LogP contribution in [-0.2, 0) is 20.7 Å². The fourth-order valence-corrected chi connectivity index (χ4v) is 3.93. The Kier molecular flexibility index (Phi) is 6.79. The minimum atomic E-state index is -4.19. The van der Waals surface area contributed by atoms with Crippen molar-refractivity contribution in [2.45, 2.75) is 17.4 Å². The van der Waals surface area contributed by atoms with Crippen molar-refractivity contribution >= 4 is 33.3 Å². The summed E-state index contributed by atoms with van der Waals surface area (Å²) in [4.78, 5) is -0.161. The normalized spacial score (nSPS) is 12.3. The second kappa shape index (κ2) is 8.65. The lowest BCUT2D eigenvalue weighted by atomic mass is 10.1. The van der Waals surface area contributed by atoms with Crippen LogP contribution >= 0.6 is 23.2 Å². The molecule has 1 unspecified atom stereocenters. The number of methoxy groups -OCH3 is 2. The molecule has 0 heterocycles. The molecule has 0 spiro atoms. The third kappa shape index (κ3) is 4.63. The van der Waals surface area contributed by atoms with Crippen LogP contribution in [0.1, 0.15) is 5.56 Å². The molecule has 0 fully saturated rings. The third-order valence-electron chi connectivity index (χ3n) is 3.52. The van der Waals surface area contributed by atoms with Crippen LogP contribution in [0, 0.1) is 12.3 Å². The number of hydrogen-bond donors (Lipinski definition) is 0. The maximum Gasteiger partial charge on any atom is 0.301 e. The van der Waals surface area contributed by atoms with E-state index in [0.29, 0.717) is 21.4 Å². The molecule has 0 bridgehead atoms. The summed E-state index contributed by atoms with van der Waals surface area (Å²) in [7, 11) is -1.39. The quantitative estimate of drug-likeness (QED) is 0.506. The smallest absolute Gasteiger partial charge is 0.301 e. The first-order chi connectivity index (χ1) is 12.3. The Bertz CT molecular complexity index is 915. The lowest BCUT2D eigenvalue weighted by Gasteiger charge is -2.16. The standard InChI is InChI=1S/C18H16Cl2O5S/c1-4-12(10-14-15(19)6-5-7-16(14)20)25-26(21,22)18-9-8-13(23-2)11-17(18)24-3/h1,5-9,11-12H,10H2,2-3H3. The van der Waals surface area contributed by atoms with Crippen molar-refractivity contribution in [3.05, 3.63) is 52.0 Å². The maximum atomic E-state index is 12.6. The van der Waals surface area contributed by atoms with Crippen LogP contribution in [-0.4, -0.2) is 28.7 Å². The van der Waals surface area contributed by atoms with Gasteiger partial charge in [0.15, 0.2) is 0 Å². The minimum Gasteiger partial charge on any atom is -0.497 e. The van der Waals surface area contributed by atoms with Crippen LogP contribution in [0.25, 0.3) is 0 Å². The summed E-state index contributed by atoms with van der Waals surface area (Å²) in [6.07, 6.45) is 4.39. The summed E-state index contributed by atoms with van der Waals surface area (Å²) in [6, 6.07) is 9.19. The Labute approximate surface area is 162 Å². The van der Waals surface area contributed by atoms with Gasteiger partial charge >= 0.3 is 10.1 Å². The van der Waals surface area contributed by atoms with Gasteiger partial charge < -0.3 is 9.47 Å². The molecule has 0 saturated carbocycles. The Morgan fingerprint density at radius 2 is 1.77 bits per heavy atom. The molecule has 0 amide bonds. The monoisotopic (exact) mass is 414 g/mol. The Balaban J connectivity index is 2.31. The van der Waals surface area contributed by atoms with Crippen molar-refractivity contribution in [1.82, 2.24) is 0 Å². The van der Waals surface area contributed by atoms with E-state index in [0.717, 1.165) is 0 Å². The fourth-order valence-electron chi connectivity index (χ4n) is 2.22. The second-order valence-corrected chi connectivity index (χ2v) is 7.48. The Morgan fingerprint density at radius 3 is 2.31 bits per heavy atom. The van der Waals surface area contributed by atoms with E-state index < -0.39 is 16.2 Å². The molecule has 138 valence electrons. The molecular weight excluding hydrogens is 399 g/mol. The number of terminal acetylenes is 1. The van der Waals surface area contributed by atoms with E-state index in [1.165, 1.54) is 32.4 Å². The summed E-state index contributed by atoms with van der Waals surface area (Å²) in [5.74, 6) is 2.83. The lowest BCUT2D eigenvalue weighted by molar-refractivity contribution is 0.263. The van der Waals surface area contributed by atoms with Gasteiger partial charge in [0.2, 0.25) is 0 Å². The van der Waals surface area contributed by atoms with Crippen LogP contribution in [0.5, 0.6) is 11.5 Å². The molecule has 2 rings (SSSR count). The highest BCUT2D eigenvalue weighted by molar-refractivity contribution is 7.86. The predicted octanol–water partition coefficient (Wildman–Crippen LogP) is 3.96. The maximum absolute atomic E-state index is 12.6. The van der Waals surface area contributed by atoms with Gasteiger partial charge in [-0.2, -0.15) is 8.42 Å². The molecule has 0 aromatic heterocycles. The molecule has 0 aliphatic rings. The van der Waals surface area contributed by atoms with Crippen LogP contribution in [0.4, 0.5) is 0 Å². The third-order valence-corrected chi connectivity index (χ3v) is 5.59. The highest BCUT2D eigenvalue weighted by atomic mass is 35.5. The molecule has 5 nitrogen and oxygen atoms in total. The zero-order valence-electron chi connectivity index (χ0n) is 14.0. The van der Waals surface area contributed by atoms with Crippen molar-refractivity contribution in [3.8, 4) is 23.8 Å². The van der Waals surface area contributed by atoms with Gasteiger partial charge in [0, 0.05) is 22.5 Å². The summed E-state index contributed by atoms with van der Waals surface area (Å²) in [5.41, 5.74) is 0.510. The fraction of sp³-hybridized carbons (Fsp3) is 0.222. The molecule has 0 aliphatic heterocycles. The molecule has 2 aromatic carbocycles. The largest absolute Gasteiger partial charge is 0.497 e. The summed E-state index contributed by atoms with van der Waals surface area (Å²) in [6.45, 7) is 0. The van der Waals surface area contributed by atoms with E-state index in [2.05, 4.69) is 5.92 Å². The second-order valence-electron chi connectivity index (χ2n) is 5.13. The van der Waals surface area contributed by atoms with Crippen molar-refractivity contribution in [2.24, 2.45) is 0 Å². The average Bonchev–Trinajstić information content (AvgIpc) is 2.63. The lowest BCUT2D eigenvalue weighted by Crippen LogP contribution is -2.20. The van der Waals surface area contributed by atoms with Gasteiger partial charge in [0.05, 0.1) is 14.2 Å². The van der Waals surface area contributed by atoms with E-state index >= 15 is 0 Å². The predicted molar refractivity (Wildman–Crippen MR) is 101 cm³/mol. The number of ether oxygens (including phenoxy) is 2. The molecule has 26 heavy (non-hydrogen) atoms. The molecule has 0 N–H and O–H groups in total. The van der Waals surface area contributed by atoms with E-state index in [-0.39, 0.29) is 17.1 Å². The molecular formula is C18H16Cl2O5S. The van der Waals surface area contributed by atoms with Gasteiger partial charge in [-0.3, -0.25) is 0 Å². The Hall–Kier alpha value is -1.91. The van der Waals surface area contributed by atoms with Crippen molar-refractivity contribution in [1.29, 1.82) is 0 Å². The van der Waals surface area contributed by atoms with Crippen LogP contribution < -0.4 is 9.47 Å². The molecule has 1 atom stereocenters. The van der Waals surface area contributed by atoms with Crippen molar-refractivity contribution in [3.63, 3.8) is 0 Å². The van der Waals surface area contributed by atoms with Gasteiger partial charge in [-0.1, -0.05) is 35.2 Å². The van der Waals surface area contributed by atoms with Gasteiger partial charge in [0.1, 0.15) is 22.5 Å². The summed E-state index contributed by atoms with van der Waals surface area (Å²) >= 11 is 12.2. The highest BCUT2D eigenvalue weighted by Crippen LogP contribution is 2.31. The average molecular weight is 415 g/mol. The number of halogens is 2.